The fraction of sp³-hybridized carbons (Fsp3) is 0.294. The SMILES string of the molecule is Oc1ccc(CNC2CC(c3ccccc3Br)C2)cc1. The lowest BCUT2D eigenvalue weighted by Gasteiger charge is -2.37. The lowest BCUT2D eigenvalue weighted by molar-refractivity contribution is 0.289. The van der Waals surface area contributed by atoms with Crippen molar-refractivity contribution in [2.24, 2.45) is 0 Å². The van der Waals surface area contributed by atoms with Crippen molar-refractivity contribution in [1.29, 1.82) is 0 Å². The Labute approximate surface area is 128 Å². The molecule has 0 amide bonds. The summed E-state index contributed by atoms with van der Waals surface area (Å²) in [7, 11) is 0. The zero-order chi connectivity index (χ0) is 13.9. The molecule has 0 spiro atoms. The van der Waals surface area contributed by atoms with Crippen LogP contribution in [0.15, 0.2) is 53.0 Å². The molecule has 20 heavy (non-hydrogen) atoms. The van der Waals surface area contributed by atoms with Gasteiger partial charge in [-0.3, -0.25) is 0 Å². The summed E-state index contributed by atoms with van der Waals surface area (Å²) in [6.45, 7) is 0.869. The van der Waals surface area contributed by atoms with E-state index in [0.717, 1.165) is 6.54 Å². The Morgan fingerprint density at radius 2 is 1.75 bits per heavy atom. The predicted molar refractivity (Wildman–Crippen MR) is 84.9 cm³/mol. The van der Waals surface area contributed by atoms with Crippen LogP contribution in [0, 0.1) is 0 Å². The molecular weight excluding hydrogens is 314 g/mol. The van der Waals surface area contributed by atoms with E-state index in [-0.39, 0.29) is 0 Å². The van der Waals surface area contributed by atoms with Gasteiger partial charge in [-0.2, -0.15) is 0 Å². The van der Waals surface area contributed by atoms with Crippen molar-refractivity contribution < 1.29 is 5.11 Å². The van der Waals surface area contributed by atoms with Gasteiger partial charge in [-0.15, -0.1) is 0 Å². The first-order chi connectivity index (χ1) is 9.72. The second-order valence-electron chi connectivity index (χ2n) is 5.43. The van der Waals surface area contributed by atoms with Crippen molar-refractivity contribution in [1.82, 2.24) is 5.32 Å². The highest BCUT2D eigenvalue weighted by atomic mass is 79.9. The molecule has 2 N–H and O–H groups in total. The largest absolute Gasteiger partial charge is 0.508 e. The molecule has 1 aliphatic rings. The van der Waals surface area contributed by atoms with E-state index in [2.05, 4.69) is 45.5 Å². The van der Waals surface area contributed by atoms with E-state index in [9.17, 15) is 5.11 Å². The Hall–Kier alpha value is -1.32. The lowest BCUT2D eigenvalue weighted by Crippen LogP contribution is -2.39. The van der Waals surface area contributed by atoms with Gasteiger partial charge in [-0.05, 0) is 48.1 Å². The first kappa shape index (κ1) is 13.7. The maximum atomic E-state index is 9.25. The smallest absolute Gasteiger partial charge is 0.115 e. The molecule has 3 rings (SSSR count). The van der Waals surface area contributed by atoms with Gasteiger partial charge >= 0.3 is 0 Å². The summed E-state index contributed by atoms with van der Waals surface area (Å²) in [6.07, 6.45) is 2.39. The average Bonchev–Trinajstić information content (AvgIpc) is 2.41. The maximum Gasteiger partial charge on any atom is 0.115 e. The monoisotopic (exact) mass is 331 g/mol. The van der Waals surface area contributed by atoms with Gasteiger partial charge in [-0.1, -0.05) is 46.3 Å². The average molecular weight is 332 g/mol. The lowest BCUT2D eigenvalue weighted by atomic mass is 9.76. The number of aromatic hydroxyl groups is 1. The molecule has 0 aliphatic heterocycles. The van der Waals surface area contributed by atoms with Crippen molar-refractivity contribution in [3.8, 4) is 5.75 Å². The first-order valence-electron chi connectivity index (χ1n) is 6.98. The van der Waals surface area contributed by atoms with E-state index < -0.39 is 0 Å². The summed E-state index contributed by atoms with van der Waals surface area (Å²) in [4.78, 5) is 0. The van der Waals surface area contributed by atoms with Gasteiger partial charge in [0.25, 0.3) is 0 Å². The molecule has 0 bridgehead atoms. The Morgan fingerprint density at radius 1 is 1.05 bits per heavy atom. The second kappa shape index (κ2) is 5.98. The molecule has 1 fully saturated rings. The highest BCUT2D eigenvalue weighted by Gasteiger charge is 2.30. The molecule has 0 saturated heterocycles. The van der Waals surface area contributed by atoms with Crippen LogP contribution in [0.5, 0.6) is 5.75 Å². The van der Waals surface area contributed by atoms with E-state index >= 15 is 0 Å². The van der Waals surface area contributed by atoms with Gasteiger partial charge in [0.05, 0.1) is 0 Å². The molecule has 2 nitrogen and oxygen atoms in total. The molecule has 104 valence electrons. The van der Waals surface area contributed by atoms with Crippen molar-refractivity contribution >= 4 is 15.9 Å². The highest BCUT2D eigenvalue weighted by Crippen LogP contribution is 2.40. The van der Waals surface area contributed by atoms with Crippen LogP contribution in [0.3, 0.4) is 0 Å². The summed E-state index contributed by atoms with van der Waals surface area (Å²) in [5.41, 5.74) is 2.64. The van der Waals surface area contributed by atoms with E-state index in [4.69, 9.17) is 0 Å². The normalized spacial score (nSPS) is 21.4. The number of hydrogen-bond acceptors (Lipinski definition) is 2. The van der Waals surface area contributed by atoms with Crippen LogP contribution in [0.1, 0.15) is 29.9 Å². The Morgan fingerprint density at radius 3 is 2.45 bits per heavy atom. The molecule has 0 heterocycles. The molecule has 3 heteroatoms. The number of hydrogen-bond donors (Lipinski definition) is 2. The number of nitrogens with one attached hydrogen (secondary N) is 1. The standard InChI is InChI=1S/C17H18BrNO/c18-17-4-2-1-3-16(17)13-9-14(10-13)19-11-12-5-7-15(20)8-6-12/h1-8,13-14,19-20H,9-11H2. The number of phenolic OH excluding ortho intramolecular Hbond substituents is 1. The van der Waals surface area contributed by atoms with Crippen molar-refractivity contribution in [2.75, 3.05) is 0 Å². The zero-order valence-electron chi connectivity index (χ0n) is 11.2. The number of phenols is 1. The van der Waals surface area contributed by atoms with Crippen molar-refractivity contribution in [3.05, 3.63) is 64.1 Å². The molecule has 2 aromatic rings. The van der Waals surface area contributed by atoms with Gasteiger partial charge in [0.15, 0.2) is 0 Å². The van der Waals surface area contributed by atoms with Crippen LogP contribution in [0.4, 0.5) is 0 Å². The summed E-state index contributed by atoms with van der Waals surface area (Å²) in [5.74, 6) is 0.995. The van der Waals surface area contributed by atoms with Crippen LogP contribution in [-0.2, 0) is 6.54 Å². The van der Waals surface area contributed by atoms with Crippen LogP contribution < -0.4 is 5.32 Å². The third kappa shape index (κ3) is 3.05. The van der Waals surface area contributed by atoms with Gasteiger partial charge in [0.2, 0.25) is 0 Å². The molecule has 0 atom stereocenters. The third-order valence-corrected chi connectivity index (χ3v) is 4.74. The van der Waals surface area contributed by atoms with E-state index in [1.54, 1.807) is 12.1 Å². The molecule has 1 saturated carbocycles. The highest BCUT2D eigenvalue weighted by molar-refractivity contribution is 9.10. The Kier molecular flexibility index (Phi) is 4.08. The molecule has 0 unspecified atom stereocenters. The molecular formula is C17H18BrNO. The third-order valence-electron chi connectivity index (χ3n) is 4.01. The van der Waals surface area contributed by atoms with Gasteiger partial charge in [-0.25, -0.2) is 0 Å². The van der Waals surface area contributed by atoms with E-state index in [1.165, 1.54) is 28.4 Å². The summed E-state index contributed by atoms with van der Waals surface area (Å²) < 4.78 is 1.22. The maximum absolute atomic E-state index is 9.25. The first-order valence-corrected chi connectivity index (χ1v) is 7.77. The number of halogens is 1. The van der Waals surface area contributed by atoms with E-state index in [1.807, 2.05) is 12.1 Å². The summed E-state index contributed by atoms with van der Waals surface area (Å²) in [5, 5.41) is 12.8. The van der Waals surface area contributed by atoms with Crippen LogP contribution in [0.25, 0.3) is 0 Å². The molecule has 2 aromatic carbocycles. The second-order valence-corrected chi connectivity index (χ2v) is 6.29. The van der Waals surface area contributed by atoms with Gasteiger partial charge < -0.3 is 10.4 Å². The summed E-state index contributed by atoms with van der Waals surface area (Å²) in [6, 6.07) is 16.5. The molecule has 0 aromatic heterocycles. The quantitative estimate of drug-likeness (QED) is 0.880. The minimum Gasteiger partial charge on any atom is -0.508 e. The minimum absolute atomic E-state index is 0.325. The predicted octanol–water partition coefficient (Wildman–Crippen LogP) is 4.19. The van der Waals surface area contributed by atoms with Gasteiger partial charge in [0.1, 0.15) is 5.75 Å². The van der Waals surface area contributed by atoms with E-state index in [0.29, 0.717) is 17.7 Å². The van der Waals surface area contributed by atoms with Crippen molar-refractivity contribution in [2.45, 2.75) is 31.3 Å². The van der Waals surface area contributed by atoms with Crippen LogP contribution >= 0.6 is 15.9 Å². The van der Waals surface area contributed by atoms with Crippen LogP contribution in [0.2, 0.25) is 0 Å². The number of benzene rings is 2. The molecule has 0 radical (unpaired) electrons. The fourth-order valence-electron chi connectivity index (χ4n) is 2.72. The topological polar surface area (TPSA) is 32.3 Å². The fourth-order valence-corrected chi connectivity index (χ4v) is 3.33. The molecule has 1 aliphatic carbocycles. The Balaban J connectivity index is 1.49. The minimum atomic E-state index is 0.325. The van der Waals surface area contributed by atoms with Crippen molar-refractivity contribution in [3.63, 3.8) is 0 Å². The zero-order valence-corrected chi connectivity index (χ0v) is 12.8. The summed E-state index contributed by atoms with van der Waals surface area (Å²) >= 11 is 3.63. The van der Waals surface area contributed by atoms with Gasteiger partial charge in [0, 0.05) is 17.1 Å². The Bertz CT molecular complexity index is 576. The van der Waals surface area contributed by atoms with Crippen LogP contribution in [-0.4, -0.2) is 11.1 Å². The number of rotatable bonds is 4.